The smallest absolute Gasteiger partial charge is 0.257 e. The second-order valence-corrected chi connectivity index (χ2v) is 7.41. The Labute approximate surface area is 143 Å². The van der Waals surface area contributed by atoms with Crippen molar-refractivity contribution in [2.24, 2.45) is 5.92 Å². The van der Waals surface area contributed by atoms with E-state index in [1.807, 2.05) is 21.7 Å². The molecule has 1 saturated heterocycles. The fraction of sp³-hybridized carbons (Fsp3) is 0.500. The number of rotatable bonds is 3. The van der Waals surface area contributed by atoms with Crippen LogP contribution in [-0.4, -0.2) is 33.7 Å². The third-order valence-corrected chi connectivity index (χ3v) is 5.29. The van der Waals surface area contributed by atoms with Crippen LogP contribution in [0, 0.1) is 12.8 Å². The first-order valence-electron chi connectivity index (χ1n) is 9.08. The third kappa shape index (κ3) is 2.74. The highest BCUT2D eigenvalue weighted by molar-refractivity contribution is 5.95. The highest BCUT2D eigenvalue weighted by atomic mass is 16.2. The van der Waals surface area contributed by atoms with Gasteiger partial charge in [0.2, 0.25) is 0 Å². The molecule has 1 saturated carbocycles. The van der Waals surface area contributed by atoms with Crippen LogP contribution in [-0.2, 0) is 0 Å². The van der Waals surface area contributed by atoms with Crippen LogP contribution in [0.4, 0.5) is 0 Å². The molecule has 1 aromatic carbocycles. The molecule has 0 radical (unpaired) electrons. The molecule has 126 valence electrons. The molecule has 2 aliphatic rings. The lowest BCUT2D eigenvalue weighted by atomic mass is 9.99. The minimum absolute atomic E-state index is 0.170. The Kier molecular flexibility index (Phi) is 3.91. The number of carbonyl (C=O) groups excluding carboxylic acids is 1. The maximum Gasteiger partial charge on any atom is 0.257 e. The molecule has 1 amide bonds. The van der Waals surface area contributed by atoms with Crippen LogP contribution in [0.15, 0.2) is 30.5 Å². The van der Waals surface area contributed by atoms with E-state index in [-0.39, 0.29) is 5.91 Å². The minimum Gasteiger partial charge on any atom is -0.338 e. The van der Waals surface area contributed by atoms with Crippen LogP contribution in [0.3, 0.4) is 0 Å². The number of likely N-dealkylation sites (tertiary alicyclic amines) is 1. The van der Waals surface area contributed by atoms with Crippen LogP contribution in [0.5, 0.6) is 0 Å². The number of piperidine rings is 1. The molecular weight excluding hydrogens is 298 g/mol. The monoisotopic (exact) mass is 323 g/mol. The molecule has 0 unspecified atom stereocenters. The molecule has 4 rings (SSSR count). The summed E-state index contributed by atoms with van der Waals surface area (Å²) in [5, 5.41) is 4.61. The molecule has 2 aromatic rings. The summed E-state index contributed by atoms with van der Waals surface area (Å²) in [6, 6.07) is 8.27. The zero-order valence-corrected chi connectivity index (χ0v) is 14.5. The van der Waals surface area contributed by atoms with Crippen molar-refractivity contribution in [3.8, 4) is 5.69 Å². The number of hydrogen-bond donors (Lipinski definition) is 0. The molecule has 4 nitrogen and oxygen atoms in total. The standard InChI is InChI=1S/C20H25N3O/c1-14-6-5-11-22(13-14)20(24)17-12-21-23(19(17)16-9-10-16)18-8-4-3-7-15(18)2/h3-4,7-8,12,14,16H,5-6,9-11,13H2,1-2H3/t14-/m0/s1. The van der Waals surface area contributed by atoms with Crippen LogP contribution >= 0.6 is 0 Å². The van der Waals surface area contributed by atoms with Gasteiger partial charge in [0, 0.05) is 19.0 Å². The van der Waals surface area contributed by atoms with Crippen LogP contribution in [0.2, 0.25) is 0 Å². The molecular formula is C20H25N3O. The first-order valence-corrected chi connectivity index (χ1v) is 9.08. The quantitative estimate of drug-likeness (QED) is 0.858. The summed E-state index contributed by atoms with van der Waals surface area (Å²) in [7, 11) is 0. The van der Waals surface area contributed by atoms with Crippen molar-refractivity contribution in [3.05, 3.63) is 47.3 Å². The fourth-order valence-electron chi connectivity index (χ4n) is 3.81. The third-order valence-electron chi connectivity index (χ3n) is 5.29. The molecule has 24 heavy (non-hydrogen) atoms. The van der Waals surface area contributed by atoms with Gasteiger partial charge in [0.1, 0.15) is 0 Å². The van der Waals surface area contributed by atoms with Crippen LogP contribution in [0.25, 0.3) is 5.69 Å². The molecule has 0 spiro atoms. The Bertz CT molecular complexity index is 760. The van der Waals surface area contributed by atoms with Gasteiger partial charge in [0.05, 0.1) is 23.1 Å². The van der Waals surface area contributed by atoms with Crippen molar-refractivity contribution in [1.29, 1.82) is 0 Å². The topological polar surface area (TPSA) is 38.1 Å². The normalized spacial score (nSPS) is 21.1. The SMILES string of the molecule is Cc1ccccc1-n1ncc(C(=O)N2CCC[C@H](C)C2)c1C1CC1. The van der Waals surface area contributed by atoms with Gasteiger partial charge in [-0.25, -0.2) is 4.68 Å². The van der Waals surface area contributed by atoms with E-state index in [2.05, 4.69) is 31.1 Å². The zero-order chi connectivity index (χ0) is 16.7. The van der Waals surface area contributed by atoms with Gasteiger partial charge in [-0.05, 0) is 50.2 Å². The summed E-state index contributed by atoms with van der Waals surface area (Å²) in [4.78, 5) is 15.1. The Morgan fingerprint density at radius 3 is 2.71 bits per heavy atom. The molecule has 1 aliphatic carbocycles. The summed E-state index contributed by atoms with van der Waals surface area (Å²) < 4.78 is 2.01. The predicted octanol–water partition coefficient (Wildman–Crippen LogP) is 3.93. The van der Waals surface area contributed by atoms with E-state index in [9.17, 15) is 4.79 Å². The van der Waals surface area contributed by atoms with Crippen LogP contribution < -0.4 is 0 Å². The summed E-state index contributed by atoms with van der Waals surface area (Å²) in [6.45, 7) is 6.08. The van der Waals surface area contributed by atoms with Gasteiger partial charge in [0.25, 0.3) is 5.91 Å². The van der Waals surface area contributed by atoms with Gasteiger partial charge >= 0.3 is 0 Å². The van der Waals surface area contributed by atoms with E-state index >= 15 is 0 Å². The number of aryl methyl sites for hydroxylation is 1. The minimum atomic E-state index is 0.170. The summed E-state index contributed by atoms with van der Waals surface area (Å²) in [5.74, 6) is 1.25. The lowest BCUT2D eigenvalue weighted by Crippen LogP contribution is -2.39. The Balaban J connectivity index is 1.72. The van der Waals surface area contributed by atoms with Gasteiger partial charge in [0.15, 0.2) is 0 Å². The van der Waals surface area contributed by atoms with Crippen molar-refractivity contribution in [3.63, 3.8) is 0 Å². The van der Waals surface area contributed by atoms with Gasteiger partial charge in [-0.2, -0.15) is 5.10 Å². The van der Waals surface area contributed by atoms with Crippen molar-refractivity contribution >= 4 is 5.91 Å². The predicted molar refractivity (Wildman–Crippen MR) is 94.6 cm³/mol. The van der Waals surface area contributed by atoms with E-state index in [1.54, 1.807) is 6.20 Å². The fourth-order valence-corrected chi connectivity index (χ4v) is 3.81. The number of hydrogen-bond acceptors (Lipinski definition) is 2. The molecule has 2 fully saturated rings. The average molecular weight is 323 g/mol. The Morgan fingerprint density at radius 2 is 2.00 bits per heavy atom. The van der Waals surface area contributed by atoms with Gasteiger partial charge in [-0.1, -0.05) is 25.1 Å². The Morgan fingerprint density at radius 1 is 1.21 bits per heavy atom. The molecule has 4 heteroatoms. The first-order chi connectivity index (χ1) is 11.6. The van der Waals surface area contributed by atoms with Gasteiger partial charge < -0.3 is 4.90 Å². The molecule has 0 bridgehead atoms. The molecule has 0 N–H and O–H groups in total. The average Bonchev–Trinajstić information content (AvgIpc) is 3.33. The van der Waals surface area contributed by atoms with E-state index in [4.69, 9.17) is 0 Å². The molecule has 2 heterocycles. The van der Waals surface area contributed by atoms with E-state index in [0.717, 1.165) is 49.3 Å². The maximum absolute atomic E-state index is 13.1. The number of benzene rings is 1. The number of amides is 1. The largest absolute Gasteiger partial charge is 0.338 e. The first kappa shape index (κ1) is 15.4. The number of para-hydroxylation sites is 1. The van der Waals surface area contributed by atoms with Gasteiger partial charge in [-0.15, -0.1) is 0 Å². The second-order valence-electron chi connectivity index (χ2n) is 7.41. The maximum atomic E-state index is 13.1. The number of nitrogens with zero attached hydrogens (tertiary/aromatic N) is 3. The van der Waals surface area contributed by atoms with Crippen molar-refractivity contribution in [2.45, 2.75) is 45.4 Å². The highest BCUT2D eigenvalue weighted by Crippen LogP contribution is 2.43. The molecule has 1 atom stereocenters. The molecule has 1 aliphatic heterocycles. The summed E-state index contributed by atoms with van der Waals surface area (Å²) >= 11 is 0. The Hall–Kier alpha value is -2.10. The lowest BCUT2D eigenvalue weighted by Gasteiger charge is -2.31. The highest BCUT2D eigenvalue weighted by Gasteiger charge is 2.35. The van der Waals surface area contributed by atoms with E-state index in [0.29, 0.717) is 11.8 Å². The summed E-state index contributed by atoms with van der Waals surface area (Å²) in [5.41, 5.74) is 4.21. The number of aromatic nitrogens is 2. The zero-order valence-electron chi connectivity index (χ0n) is 14.5. The molecule has 1 aromatic heterocycles. The van der Waals surface area contributed by atoms with Gasteiger partial charge in [-0.3, -0.25) is 4.79 Å². The lowest BCUT2D eigenvalue weighted by molar-refractivity contribution is 0.0682. The second kappa shape index (κ2) is 6.08. The van der Waals surface area contributed by atoms with Crippen molar-refractivity contribution < 1.29 is 4.79 Å². The van der Waals surface area contributed by atoms with E-state index < -0.39 is 0 Å². The van der Waals surface area contributed by atoms with Crippen molar-refractivity contribution in [1.82, 2.24) is 14.7 Å². The summed E-state index contributed by atoms with van der Waals surface area (Å²) in [6.07, 6.45) is 6.45. The van der Waals surface area contributed by atoms with Crippen molar-refractivity contribution in [2.75, 3.05) is 13.1 Å². The number of carbonyl (C=O) groups is 1. The van der Waals surface area contributed by atoms with E-state index in [1.165, 1.54) is 12.0 Å². The van der Waals surface area contributed by atoms with Crippen LogP contribution in [0.1, 0.15) is 60.1 Å².